The van der Waals surface area contributed by atoms with Gasteiger partial charge in [0.2, 0.25) is 0 Å². The molecule has 5 heteroatoms. The smallest absolute Gasteiger partial charge is 0.131 e. The van der Waals surface area contributed by atoms with Crippen molar-refractivity contribution in [1.82, 2.24) is 14.9 Å². The molecule has 1 aliphatic rings. The van der Waals surface area contributed by atoms with Gasteiger partial charge in [0.05, 0.1) is 10.0 Å². The Labute approximate surface area is 141 Å². The van der Waals surface area contributed by atoms with Crippen LogP contribution in [-0.2, 0) is 19.5 Å². The Hall–Kier alpha value is -1.16. The van der Waals surface area contributed by atoms with Gasteiger partial charge in [-0.2, -0.15) is 0 Å². The molecule has 22 heavy (non-hydrogen) atoms. The maximum Gasteiger partial charge on any atom is 0.131 e. The van der Waals surface area contributed by atoms with E-state index in [0.717, 1.165) is 31.9 Å². The van der Waals surface area contributed by atoms with E-state index >= 15 is 0 Å². The van der Waals surface area contributed by atoms with Gasteiger partial charge in [-0.25, -0.2) is 9.97 Å². The molecule has 0 bridgehead atoms. The molecule has 2 heterocycles. The predicted molar refractivity (Wildman–Crippen MR) is 90.4 cm³/mol. The second-order valence-electron chi connectivity index (χ2n) is 6.06. The third-order valence-electron chi connectivity index (χ3n) is 3.94. The standard InChI is InChI=1S/C17H19Cl2N3/c1-11(2)17-20-8-13-10-22(6-5-16(13)21-17)9-12-3-4-14(18)15(19)7-12/h3-4,7-8,11H,5-6,9-10H2,1-2H3. The van der Waals surface area contributed by atoms with Crippen molar-refractivity contribution in [2.45, 2.75) is 39.3 Å². The average Bonchev–Trinajstić information content (AvgIpc) is 2.50. The van der Waals surface area contributed by atoms with Crippen molar-refractivity contribution in [3.05, 3.63) is 57.1 Å². The molecule has 0 aliphatic carbocycles. The lowest BCUT2D eigenvalue weighted by Gasteiger charge is -2.28. The molecule has 1 aromatic heterocycles. The van der Waals surface area contributed by atoms with Crippen molar-refractivity contribution >= 4 is 23.2 Å². The summed E-state index contributed by atoms with van der Waals surface area (Å²) >= 11 is 12.1. The molecule has 0 radical (unpaired) electrons. The van der Waals surface area contributed by atoms with Crippen LogP contribution in [0.3, 0.4) is 0 Å². The quantitative estimate of drug-likeness (QED) is 0.828. The van der Waals surface area contributed by atoms with Crippen molar-refractivity contribution in [2.75, 3.05) is 6.54 Å². The predicted octanol–water partition coefficient (Wildman–Crippen LogP) is 4.47. The number of hydrogen-bond donors (Lipinski definition) is 0. The monoisotopic (exact) mass is 335 g/mol. The summed E-state index contributed by atoms with van der Waals surface area (Å²) in [6.07, 6.45) is 2.96. The van der Waals surface area contributed by atoms with Crippen LogP contribution in [0.15, 0.2) is 24.4 Å². The lowest BCUT2D eigenvalue weighted by Crippen LogP contribution is -2.31. The van der Waals surface area contributed by atoms with E-state index in [1.54, 1.807) is 0 Å². The molecule has 3 rings (SSSR count). The highest BCUT2D eigenvalue weighted by Gasteiger charge is 2.19. The third-order valence-corrected chi connectivity index (χ3v) is 4.68. The fourth-order valence-electron chi connectivity index (χ4n) is 2.70. The highest BCUT2D eigenvalue weighted by Crippen LogP contribution is 2.25. The molecule has 0 N–H and O–H groups in total. The van der Waals surface area contributed by atoms with Gasteiger partial charge in [0.25, 0.3) is 0 Å². The molecule has 0 fully saturated rings. The summed E-state index contributed by atoms with van der Waals surface area (Å²) in [5.41, 5.74) is 3.61. The molecular formula is C17H19Cl2N3. The van der Waals surface area contributed by atoms with Gasteiger partial charge in [0.15, 0.2) is 0 Å². The lowest BCUT2D eigenvalue weighted by molar-refractivity contribution is 0.242. The summed E-state index contributed by atoms with van der Waals surface area (Å²) in [6.45, 7) is 7.00. The number of rotatable bonds is 3. The molecule has 2 aromatic rings. The zero-order chi connectivity index (χ0) is 15.7. The molecule has 3 nitrogen and oxygen atoms in total. The minimum atomic E-state index is 0.375. The van der Waals surface area contributed by atoms with Gasteiger partial charge in [-0.05, 0) is 17.7 Å². The van der Waals surface area contributed by atoms with Gasteiger partial charge in [-0.3, -0.25) is 4.90 Å². The van der Waals surface area contributed by atoms with Crippen LogP contribution in [0.2, 0.25) is 10.0 Å². The van der Waals surface area contributed by atoms with E-state index in [2.05, 4.69) is 23.7 Å². The number of halogens is 2. The topological polar surface area (TPSA) is 29.0 Å². The fourth-order valence-corrected chi connectivity index (χ4v) is 3.02. The molecule has 1 aliphatic heterocycles. The molecular weight excluding hydrogens is 317 g/mol. The summed E-state index contributed by atoms with van der Waals surface area (Å²) in [7, 11) is 0. The molecule has 1 aromatic carbocycles. The van der Waals surface area contributed by atoms with Crippen LogP contribution in [0, 0.1) is 0 Å². The number of aromatic nitrogens is 2. The SMILES string of the molecule is CC(C)c1ncc2c(n1)CCN(Cc1ccc(Cl)c(Cl)c1)C2. The first kappa shape index (κ1) is 15.7. The highest BCUT2D eigenvalue weighted by molar-refractivity contribution is 6.42. The summed E-state index contributed by atoms with van der Waals surface area (Å²) in [4.78, 5) is 11.6. The summed E-state index contributed by atoms with van der Waals surface area (Å²) in [5, 5.41) is 1.21. The second kappa shape index (κ2) is 6.53. The summed E-state index contributed by atoms with van der Waals surface area (Å²) < 4.78 is 0. The van der Waals surface area contributed by atoms with E-state index in [0.29, 0.717) is 16.0 Å². The third kappa shape index (κ3) is 3.43. The van der Waals surface area contributed by atoms with Gasteiger partial charge < -0.3 is 0 Å². The molecule has 0 amide bonds. The minimum Gasteiger partial charge on any atom is -0.294 e. The minimum absolute atomic E-state index is 0.375. The van der Waals surface area contributed by atoms with Crippen molar-refractivity contribution in [3.63, 3.8) is 0 Å². The van der Waals surface area contributed by atoms with E-state index in [-0.39, 0.29) is 0 Å². The number of nitrogens with zero attached hydrogens (tertiary/aromatic N) is 3. The van der Waals surface area contributed by atoms with Gasteiger partial charge in [0.1, 0.15) is 5.82 Å². The van der Waals surface area contributed by atoms with E-state index in [9.17, 15) is 0 Å². The van der Waals surface area contributed by atoms with E-state index in [4.69, 9.17) is 28.2 Å². The molecule has 0 saturated heterocycles. The van der Waals surface area contributed by atoms with Crippen molar-refractivity contribution in [3.8, 4) is 0 Å². The van der Waals surface area contributed by atoms with Gasteiger partial charge in [0, 0.05) is 49.4 Å². The molecule has 0 saturated carbocycles. The maximum atomic E-state index is 6.09. The van der Waals surface area contributed by atoms with Gasteiger partial charge >= 0.3 is 0 Å². The largest absolute Gasteiger partial charge is 0.294 e. The number of fused-ring (bicyclic) bond motifs is 1. The Morgan fingerprint density at radius 3 is 2.77 bits per heavy atom. The normalized spacial score (nSPS) is 15.1. The molecule has 0 unspecified atom stereocenters. The fraction of sp³-hybridized carbons (Fsp3) is 0.412. The summed E-state index contributed by atoms with van der Waals surface area (Å²) in [6, 6.07) is 5.83. The first-order valence-corrected chi connectivity index (χ1v) is 8.29. The molecule has 0 spiro atoms. The van der Waals surface area contributed by atoms with E-state index < -0.39 is 0 Å². The number of benzene rings is 1. The first-order chi connectivity index (χ1) is 10.5. The van der Waals surface area contributed by atoms with Crippen LogP contribution in [0.25, 0.3) is 0 Å². The Balaban J connectivity index is 1.72. The Kier molecular flexibility index (Phi) is 4.67. The van der Waals surface area contributed by atoms with Crippen LogP contribution in [0.5, 0.6) is 0 Å². The van der Waals surface area contributed by atoms with Gasteiger partial charge in [-0.15, -0.1) is 0 Å². The zero-order valence-corrected chi connectivity index (χ0v) is 14.3. The Morgan fingerprint density at radius 1 is 1.23 bits per heavy atom. The van der Waals surface area contributed by atoms with E-state index in [1.807, 2.05) is 24.4 Å². The van der Waals surface area contributed by atoms with Crippen molar-refractivity contribution in [2.24, 2.45) is 0 Å². The Morgan fingerprint density at radius 2 is 2.05 bits per heavy atom. The maximum absolute atomic E-state index is 6.09. The second-order valence-corrected chi connectivity index (χ2v) is 6.88. The van der Waals surface area contributed by atoms with Crippen molar-refractivity contribution < 1.29 is 0 Å². The van der Waals surface area contributed by atoms with Crippen LogP contribution in [0.4, 0.5) is 0 Å². The number of hydrogen-bond acceptors (Lipinski definition) is 3. The van der Waals surface area contributed by atoms with Crippen molar-refractivity contribution in [1.29, 1.82) is 0 Å². The Bertz CT molecular complexity index is 686. The lowest BCUT2D eigenvalue weighted by atomic mass is 10.1. The first-order valence-electron chi connectivity index (χ1n) is 7.54. The molecule has 0 atom stereocenters. The summed E-state index contributed by atoms with van der Waals surface area (Å²) in [5.74, 6) is 1.32. The van der Waals surface area contributed by atoms with Crippen LogP contribution in [0.1, 0.15) is 42.4 Å². The highest BCUT2D eigenvalue weighted by atomic mass is 35.5. The van der Waals surface area contributed by atoms with Crippen LogP contribution >= 0.6 is 23.2 Å². The van der Waals surface area contributed by atoms with E-state index in [1.165, 1.54) is 16.8 Å². The zero-order valence-electron chi connectivity index (χ0n) is 12.8. The van der Waals surface area contributed by atoms with Crippen LogP contribution < -0.4 is 0 Å². The molecule has 116 valence electrons. The average molecular weight is 336 g/mol. The van der Waals surface area contributed by atoms with Gasteiger partial charge in [-0.1, -0.05) is 43.1 Å². The van der Waals surface area contributed by atoms with Crippen LogP contribution in [-0.4, -0.2) is 21.4 Å².